The Morgan fingerprint density at radius 3 is 2.24 bits per heavy atom. The van der Waals surface area contributed by atoms with E-state index < -0.39 is 57.6 Å². The molecule has 2 saturated carbocycles. The first-order chi connectivity index (χ1) is 17.4. The lowest BCUT2D eigenvalue weighted by Gasteiger charge is -2.60. The predicted molar refractivity (Wildman–Crippen MR) is 139 cm³/mol. The van der Waals surface area contributed by atoms with Crippen molar-refractivity contribution in [3.05, 3.63) is 22.8 Å². The summed E-state index contributed by atoms with van der Waals surface area (Å²) in [6.07, 6.45) is -0.718. The smallest absolute Gasteiger partial charge is 0.331 e. The normalized spacial score (nSPS) is 42.4. The Balaban J connectivity index is 1.82. The molecule has 210 valence electrons. The van der Waals surface area contributed by atoms with E-state index in [4.69, 9.17) is 5.11 Å². The molecule has 38 heavy (non-hydrogen) atoms. The molecular formula is C30H42O8. The Hall–Kier alpha value is -2.16. The fraction of sp³-hybridized carbons (Fsp3) is 0.733. The fourth-order valence-corrected chi connectivity index (χ4v) is 8.82. The summed E-state index contributed by atoms with van der Waals surface area (Å²) in [5.74, 6) is -3.28. The molecule has 9 atom stereocenters. The molecule has 0 radical (unpaired) electrons. The molecular weight excluding hydrogens is 488 g/mol. The number of rotatable bonds is 5. The van der Waals surface area contributed by atoms with E-state index in [1.165, 1.54) is 13.0 Å². The number of carbonyl (C=O) groups is 4. The third kappa shape index (κ3) is 3.59. The molecule has 4 aliphatic carbocycles. The third-order valence-corrected chi connectivity index (χ3v) is 11.4. The van der Waals surface area contributed by atoms with E-state index in [1.807, 2.05) is 27.7 Å². The van der Waals surface area contributed by atoms with Gasteiger partial charge in [-0.2, -0.15) is 0 Å². The number of fused-ring (bicyclic) bond motifs is 4. The van der Waals surface area contributed by atoms with E-state index in [0.717, 1.165) is 0 Å². The number of Topliss-reactive ketones (excluding diaryl/α,β-unsaturated/α-hetero) is 3. The minimum atomic E-state index is -1.52. The second-order valence-electron chi connectivity index (χ2n) is 13.6. The van der Waals surface area contributed by atoms with E-state index >= 15 is 0 Å². The van der Waals surface area contributed by atoms with E-state index in [1.54, 1.807) is 13.8 Å². The van der Waals surface area contributed by atoms with Gasteiger partial charge in [-0.25, -0.2) is 4.79 Å². The summed E-state index contributed by atoms with van der Waals surface area (Å²) in [6, 6.07) is 0. The molecule has 8 nitrogen and oxygen atoms in total. The number of hydrogen-bond donors (Lipinski definition) is 4. The van der Waals surface area contributed by atoms with Crippen LogP contribution in [0.15, 0.2) is 22.8 Å². The second kappa shape index (κ2) is 8.93. The van der Waals surface area contributed by atoms with Gasteiger partial charge in [0.2, 0.25) is 0 Å². The zero-order chi connectivity index (χ0) is 28.7. The SMILES string of the molecule is CC(=CC(O)CC(C)C1CC(=O)C2(C)C3=C(C(=O)C(O)C12C)C1(C)CCC(O)C(C)(C)C1CC3=O)C(=O)O. The van der Waals surface area contributed by atoms with Crippen molar-refractivity contribution in [2.24, 2.45) is 39.4 Å². The molecule has 8 heteroatoms. The van der Waals surface area contributed by atoms with Crippen LogP contribution in [-0.2, 0) is 19.2 Å². The van der Waals surface area contributed by atoms with Gasteiger partial charge in [0.1, 0.15) is 11.9 Å². The molecule has 4 aliphatic rings. The third-order valence-electron chi connectivity index (χ3n) is 11.4. The van der Waals surface area contributed by atoms with Gasteiger partial charge in [0.15, 0.2) is 11.6 Å². The monoisotopic (exact) mass is 530 g/mol. The Kier molecular flexibility index (Phi) is 6.78. The summed E-state index contributed by atoms with van der Waals surface area (Å²) in [5, 5.41) is 42.2. The standard InChI is InChI=1S/C30H42O8/c1-14(10-16(31)11-15(2)26(37)38)17-12-21(34)30(7)22-18(32)13-19-27(3,4)20(33)8-9-28(19,5)23(22)24(35)25(36)29(17,30)6/h11,14,16-17,19-20,25,31,33,36H,8-10,12-13H2,1-7H3,(H,37,38). The van der Waals surface area contributed by atoms with Crippen molar-refractivity contribution < 1.29 is 39.6 Å². The summed E-state index contributed by atoms with van der Waals surface area (Å²) < 4.78 is 0. The summed E-state index contributed by atoms with van der Waals surface area (Å²) >= 11 is 0. The molecule has 0 heterocycles. The molecule has 0 saturated heterocycles. The summed E-state index contributed by atoms with van der Waals surface area (Å²) in [4.78, 5) is 53.1. The largest absolute Gasteiger partial charge is 0.478 e. The number of aliphatic hydroxyl groups is 3. The van der Waals surface area contributed by atoms with Crippen LogP contribution in [0.3, 0.4) is 0 Å². The maximum Gasteiger partial charge on any atom is 0.331 e. The minimum absolute atomic E-state index is 0.00190. The summed E-state index contributed by atoms with van der Waals surface area (Å²) in [7, 11) is 0. The molecule has 2 fully saturated rings. The van der Waals surface area contributed by atoms with Gasteiger partial charge in [-0.05, 0) is 62.4 Å². The summed E-state index contributed by atoms with van der Waals surface area (Å²) in [6.45, 7) is 12.4. The number of aliphatic hydroxyl groups excluding tert-OH is 3. The van der Waals surface area contributed by atoms with Crippen molar-refractivity contribution in [3.8, 4) is 0 Å². The predicted octanol–water partition coefficient (Wildman–Crippen LogP) is 3.02. The van der Waals surface area contributed by atoms with Crippen molar-refractivity contribution >= 4 is 23.3 Å². The molecule has 4 N–H and O–H groups in total. The van der Waals surface area contributed by atoms with E-state index in [-0.39, 0.29) is 59.4 Å². The highest BCUT2D eigenvalue weighted by atomic mass is 16.4. The van der Waals surface area contributed by atoms with Gasteiger partial charge in [0.05, 0.1) is 17.6 Å². The topological polar surface area (TPSA) is 149 Å². The first-order valence-corrected chi connectivity index (χ1v) is 13.7. The average Bonchev–Trinajstić information content (AvgIpc) is 3.03. The molecule has 9 unspecified atom stereocenters. The fourth-order valence-electron chi connectivity index (χ4n) is 8.82. The molecule has 0 aromatic rings. The van der Waals surface area contributed by atoms with Gasteiger partial charge >= 0.3 is 5.97 Å². The van der Waals surface area contributed by atoms with Crippen LogP contribution in [0.2, 0.25) is 0 Å². The Bertz CT molecular complexity index is 1160. The highest BCUT2D eigenvalue weighted by Crippen LogP contribution is 2.70. The van der Waals surface area contributed by atoms with E-state index in [2.05, 4.69) is 0 Å². The van der Waals surface area contributed by atoms with E-state index in [9.17, 15) is 34.5 Å². The van der Waals surface area contributed by atoms with Crippen LogP contribution in [-0.4, -0.2) is 62.1 Å². The Labute approximate surface area is 224 Å². The number of carbonyl (C=O) groups excluding carboxylic acids is 3. The van der Waals surface area contributed by atoms with Gasteiger partial charge in [0, 0.05) is 40.4 Å². The molecule has 0 spiro atoms. The van der Waals surface area contributed by atoms with Gasteiger partial charge in [0.25, 0.3) is 0 Å². The van der Waals surface area contributed by atoms with Crippen LogP contribution in [0.1, 0.15) is 80.6 Å². The van der Waals surface area contributed by atoms with Crippen LogP contribution in [0.4, 0.5) is 0 Å². The van der Waals surface area contributed by atoms with Gasteiger partial charge in [-0.15, -0.1) is 0 Å². The number of carboxylic acids is 1. The number of ketones is 3. The zero-order valence-corrected chi connectivity index (χ0v) is 23.5. The molecule has 0 amide bonds. The van der Waals surface area contributed by atoms with Gasteiger partial charge in [-0.3, -0.25) is 14.4 Å². The quantitative estimate of drug-likeness (QED) is 0.396. The molecule has 0 aromatic carbocycles. The maximum absolute atomic E-state index is 14.1. The lowest BCUT2D eigenvalue weighted by molar-refractivity contribution is -0.159. The first-order valence-electron chi connectivity index (χ1n) is 13.7. The van der Waals surface area contributed by atoms with Crippen molar-refractivity contribution in [1.82, 2.24) is 0 Å². The lowest BCUT2D eigenvalue weighted by atomic mass is 9.42. The highest BCUT2D eigenvalue weighted by molar-refractivity contribution is 6.17. The van der Waals surface area contributed by atoms with Crippen LogP contribution in [0, 0.1) is 39.4 Å². The highest BCUT2D eigenvalue weighted by Gasteiger charge is 2.73. The zero-order valence-electron chi connectivity index (χ0n) is 23.5. The van der Waals surface area contributed by atoms with Crippen LogP contribution < -0.4 is 0 Å². The number of carboxylic acid groups (broad SMARTS) is 1. The average molecular weight is 531 g/mol. The van der Waals surface area contributed by atoms with Crippen molar-refractivity contribution in [2.75, 3.05) is 0 Å². The number of allylic oxidation sites excluding steroid dienone is 1. The van der Waals surface area contributed by atoms with Crippen LogP contribution >= 0.6 is 0 Å². The number of aliphatic carboxylic acids is 1. The van der Waals surface area contributed by atoms with E-state index in [0.29, 0.717) is 12.8 Å². The molecule has 0 bridgehead atoms. The van der Waals surface area contributed by atoms with Crippen LogP contribution in [0.5, 0.6) is 0 Å². The maximum atomic E-state index is 14.1. The second-order valence-corrected chi connectivity index (χ2v) is 13.6. The summed E-state index contributed by atoms with van der Waals surface area (Å²) in [5.41, 5.74) is -3.51. The van der Waals surface area contributed by atoms with Crippen molar-refractivity contribution in [2.45, 2.75) is 98.9 Å². The molecule has 0 aliphatic heterocycles. The van der Waals surface area contributed by atoms with Crippen molar-refractivity contribution in [1.29, 1.82) is 0 Å². The van der Waals surface area contributed by atoms with Gasteiger partial charge in [-0.1, -0.05) is 34.6 Å². The number of hydrogen-bond acceptors (Lipinski definition) is 7. The minimum Gasteiger partial charge on any atom is -0.478 e. The first kappa shape index (κ1) is 28.8. The van der Waals surface area contributed by atoms with Crippen molar-refractivity contribution in [3.63, 3.8) is 0 Å². The molecule has 0 aromatic heterocycles. The lowest BCUT2D eigenvalue weighted by Crippen LogP contribution is -2.64. The van der Waals surface area contributed by atoms with Crippen LogP contribution in [0.25, 0.3) is 0 Å². The Morgan fingerprint density at radius 1 is 1.05 bits per heavy atom. The van der Waals surface area contributed by atoms with Gasteiger partial charge < -0.3 is 20.4 Å². The molecule has 4 rings (SSSR count). The Morgan fingerprint density at radius 2 is 1.66 bits per heavy atom.